The number of amides is 1. The van der Waals surface area contributed by atoms with Gasteiger partial charge in [0, 0.05) is 17.5 Å². The molecule has 0 bridgehead atoms. The molecule has 3 aromatic rings. The number of benzene rings is 1. The Labute approximate surface area is 161 Å². The maximum absolute atomic E-state index is 12.7. The van der Waals surface area contributed by atoms with E-state index < -0.39 is 0 Å². The van der Waals surface area contributed by atoms with Gasteiger partial charge in [0.15, 0.2) is 11.2 Å². The van der Waals surface area contributed by atoms with Crippen molar-refractivity contribution in [3.05, 3.63) is 68.2 Å². The minimum atomic E-state index is -0.351. The molecule has 1 amide bonds. The van der Waals surface area contributed by atoms with Crippen LogP contribution in [0.2, 0.25) is 0 Å². The monoisotopic (exact) mass is 382 g/mol. The number of rotatable bonds is 5. The summed E-state index contributed by atoms with van der Waals surface area (Å²) in [6.45, 7) is 4.51. The van der Waals surface area contributed by atoms with Gasteiger partial charge in [0.25, 0.3) is 5.91 Å². The van der Waals surface area contributed by atoms with Gasteiger partial charge in [-0.2, -0.15) is 0 Å². The maximum atomic E-state index is 12.7. The van der Waals surface area contributed by atoms with Gasteiger partial charge in [-0.15, -0.1) is 11.3 Å². The van der Waals surface area contributed by atoms with Crippen molar-refractivity contribution in [2.24, 2.45) is 0 Å². The fourth-order valence-electron chi connectivity index (χ4n) is 3.59. The number of likely N-dealkylation sites (tertiary alicyclic amines) is 1. The fourth-order valence-corrected chi connectivity index (χ4v) is 4.46. The Kier molecular flexibility index (Phi) is 5.09. The molecule has 0 radical (unpaired) electrons. The summed E-state index contributed by atoms with van der Waals surface area (Å²) in [4.78, 5) is 28.6. The van der Waals surface area contributed by atoms with Crippen LogP contribution in [0, 0.1) is 6.92 Å². The fraction of sp³-hybridized carbons (Fsp3) is 0.333. The van der Waals surface area contributed by atoms with E-state index in [0.29, 0.717) is 17.5 Å². The minimum absolute atomic E-state index is 0.0597. The van der Waals surface area contributed by atoms with Crippen LogP contribution in [0.15, 0.2) is 51.0 Å². The zero-order valence-corrected chi connectivity index (χ0v) is 16.1. The lowest BCUT2D eigenvalue weighted by atomic mass is 10.1. The van der Waals surface area contributed by atoms with Crippen LogP contribution in [0.5, 0.6) is 0 Å². The number of aryl methyl sites for hydroxylation is 1. The Morgan fingerprint density at radius 3 is 2.81 bits per heavy atom. The van der Waals surface area contributed by atoms with Crippen LogP contribution < -0.4 is 10.7 Å². The number of carbonyl (C=O) groups excluding carboxylic acids is 1. The molecule has 1 aliphatic heterocycles. The van der Waals surface area contributed by atoms with Crippen molar-refractivity contribution in [1.29, 1.82) is 0 Å². The zero-order chi connectivity index (χ0) is 18.8. The Morgan fingerprint density at radius 2 is 2.07 bits per heavy atom. The second-order valence-electron chi connectivity index (χ2n) is 6.96. The van der Waals surface area contributed by atoms with E-state index in [-0.39, 0.29) is 23.1 Å². The Hall–Kier alpha value is -2.44. The number of fused-ring (bicyclic) bond motifs is 1. The Bertz CT molecular complexity index is 1000. The van der Waals surface area contributed by atoms with Gasteiger partial charge in [-0.1, -0.05) is 12.1 Å². The molecule has 0 unspecified atom stereocenters. The lowest BCUT2D eigenvalue weighted by Gasteiger charge is -2.26. The van der Waals surface area contributed by atoms with E-state index >= 15 is 0 Å². The summed E-state index contributed by atoms with van der Waals surface area (Å²) in [6.07, 6.45) is 2.38. The van der Waals surface area contributed by atoms with Crippen molar-refractivity contribution in [3.8, 4) is 0 Å². The number of thiophene rings is 1. The molecule has 140 valence electrons. The number of nitrogens with one attached hydrogen (secondary N) is 1. The number of hydrogen-bond acceptors (Lipinski definition) is 5. The molecule has 0 saturated carbocycles. The van der Waals surface area contributed by atoms with Gasteiger partial charge in [-0.25, -0.2) is 0 Å². The predicted octanol–water partition coefficient (Wildman–Crippen LogP) is 3.73. The third-order valence-electron chi connectivity index (χ3n) is 5.02. The highest BCUT2D eigenvalue weighted by atomic mass is 32.1. The van der Waals surface area contributed by atoms with Gasteiger partial charge in [-0.3, -0.25) is 14.5 Å². The Morgan fingerprint density at radius 1 is 1.26 bits per heavy atom. The average Bonchev–Trinajstić information content (AvgIpc) is 3.35. The highest BCUT2D eigenvalue weighted by Gasteiger charge is 2.25. The van der Waals surface area contributed by atoms with Crippen LogP contribution in [0.4, 0.5) is 0 Å². The lowest BCUT2D eigenvalue weighted by molar-refractivity contribution is 0.0911. The van der Waals surface area contributed by atoms with Crippen LogP contribution in [-0.4, -0.2) is 30.4 Å². The summed E-state index contributed by atoms with van der Waals surface area (Å²) < 4.78 is 5.71. The smallest absolute Gasteiger partial charge is 0.287 e. The van der Waals surface area contributed by atoms with Crippen LogP contribution in [0.3, 0.4) is 0 Å². The van der Waals surface area contributed by atoms with Crippen molar-refractivity contribution in [2.75, 3.05) is 19.6 Å². The molecule has 4 rings (SSSR count). The van der Waals surface area contributed by atoms with Gasteiger partial charge < -0.3 is 9.73 Å². The van der Waals surface area contributed by atoms with E-state index in [4.69, 9.17) is 4.42 Å². The van der Waals surface area contributed by atoms with Crippen molar-refractivity contribution < 1.29 is 9.21 Å². The SMILES string of the molecule is Cc1ccc2c(=O)cc(C(=O)NC[C@H](c3cccs3)N3CCCC3)oc2c1. The first kappa shape index (κ1) is 17.9. The molecular weight excluding hydrogens is 360 g/mol. The molecule has 5 nitrogen and oxygen atoms in total. The molecule has 1 atom stereocenters. The summed E-state index contributed by atoms with van der Waals surface area (Å²) >= 11 is 1.70. The normalized spacial score (nSPS) is 15.9. The topological polar surface area (TPSA) is 62.6 Å². The predicted molar refractivity (Wildman–Crippen MR) is 107 cm³/mol. The molecule has 6 heteroatoms. The molecular formula is C21H22N2O3S. The summed E-state index contributed by atoms with van der Waals surface area (Å²) in [5, 5.41) is 5.52. The summed E-state index contributed by atoms with van der Waals surface area (Å²) in [7, 11) is 0. The quantitative estimate of drug-likeness (QED) is 0.730. The van der Waals surface area contributed by atoms with Gasteiger partial charge in [0.1, 0.15) is 5.58 Å². The molecule has 2 aromatic heterocycles. The molecule has 0 spiro atoms. The molecule has 1 aromatic carbocycles. The molecule has 3 heterocycles. The second kappa shape index (κ2) is 7.66. The standard InChI is InChI=1S/C21H22N2O3S/c1-14-6-7-15-17(24)12-19(26-18(15)11-14)21(25)22-13-16(20-5-4-10-27-20)23-8-2-3-9-23/h4-7,10-12,16H,2-3,8-9,13H2,1H3,(H,22,25)/t16-/m1/s1. The highest BCUT2D eigenvalue weighted by molar-refractivity contribution is 7.10. The number of carbonyl (C=O) groups is 1. The van der Waals surface area contributed by atoms with E-state index in [1.165, 1.54) is 23.8 Å². The number of hydrogen-bond donors (Lipinski definition) is 1. The molecule has 1 N–H and O–H groups in total. The average molecular weight is 382 g/mol. The van der Waals surface area contributed by atoms with E-state index in [2.05, 4.69) is 21.7 Å². The van der Waals surface area contributed by atoms with Gasteiger partial charge >= 0.3 is 0 Å². The molecule has 27 heavy (non-hydrogen) atoms. The maximum Gasteiger partial charge on any atom is 0.287 e. The highest BCUT2D eigenvalue weighted by Crippen LogP contribution is 2.28. The van der Waals surface area contributed by atoms with Gasteiger partial charge in [-0.05, 0) is 62.0 Å². The largest absolute Gasteiger partial charge is 0.451 e. The van der Waals surface area contributed by atoms with Crippen molar-refractivity contribution in [2.45, 2.75) is 25.8 Å². The van der Waals surface area contributed by atoms with Crippen molar-refractivity contribution in [1.82, 2.24) is 10.2 Å². The molecule has 1 aliphatic rings. The van der Waals surface area contributed by atoms with Crippen LogP contribution in [0.25, 0.3) is 11.0 Å². The minimum Gasteiger partial charge on any atom is -0.451 e. The zero-order valence-electron chi connectivity index (χ0n) is 15.2. The second-order valence-corrected chi connectivity index (χ2v) is 7.94. The van der Waals surface area contributed by atoms with Crippen LogP contribution in [-0.2, 0) is 0 Å². The van der Waals surface area contributed by atoms with Gasteiger partial charge in [0.05, 0.1) is 11.4 Å². The van der Waals surface area contributed by atoms with Crippen molar-refractivity contribution >= 4 is 28.2 Å². The Balaban J connectivity index is 1.54. The number of nitrogens with zero attached hydrogens (tertiary/aromatic N) is 1. The van der Waals surface area contributed by atoms with E-state index in [1.54, 1.807) is 23.5 Å². The van der Waals surface area contributed by atoms with Gasteiger partial charge in [0.2, 0.25) is 0 Å². The molecule has 0 aliphatic carbocycles. The first-order chi connectivity index (χ1) is 13.1. The van der Waals surface area contributed by atoms with Crippen molar-refractivity contribution in [3.63, 3.8) is 0 Å². The third kappa shape index (κ3) is 3.82. The third-order valence-corrected chi connectivity index (χ3v) is 5.99. The molecule has 1 fully saturated rings. The molecule has 1 saturated heterocycles. The first-order valence-corrected chi connectivity index (χ1v) is 10.1. The summed E-state index contributed by atoms with van der Waals surface area (Å²) in [5.41, 5.74) is 1.23. The lowest BCUT2D eigenvalue weighted by Crippen LogP contribution is -2.36. The van der Waals surface area contributed by atoms with E-state index in [1.807, 2.05) is 19.1 Å². The van der Waals surface area contributed by atoms with E-state index in [9.17, 15) is 9.59 Å². The summed E-state index contributed by atoms with van der Waals surface area (Å²) in [5.74, 6) is -0.291. The summed E-state index contributed by atoms with van der Waals surface area (Å²) in [6, 6.07) is 11.0. The van der Waals surface area contributed by atoms with Crippen LogP contribution in [0.1, 0.15) is 39.9 Å². The van der Waals surface area contributed by atoms with Crippen LogP contribution >= 0.6 is 11.3 Å². The first-order valence-electron chi connectivity index (χ1n) is 9.22. The van der Waals surface area contributed by atoms with E-state index in [0.717, 1.165) is 18.7 Å².